The Hall–Kier alpha value is 0.263. The summed E-state index contributed by atoms with van der Waals surface area (Å²) in [5, 5.41) is 16.2. The molecule has 0 aromatic heterocycles. The Morgan fingerprint density at radius 3 is 1.00 bits per heavy atom. The van der Waals surface area contributed by atoms with Crippen molar-refractivity contribution in [2.45, 2.75) is 193 Å². The van der Waals surface area contributed by atoms with E-state index in [1.165, 1.54) is 89.9 Å². The molecule has 43 heavy (non-hydrogen) atoms. The molecule has 0 saturated carbocycles. The minimum absolute atomic E-state index is 0. The van der Waals surface area contributed by atoms with Crippen LogP contribution in [-0.4, -0.2) is 32.7 Å². The Kier molecular flexibility index (Phi) is 54.5. The molecule has 0 bridgehead atoms. The summed E-state index contributed by atoms with van der Waals surface area (Å²) < 4.78 is 0. The van der Waals surface area contributed by atoms with Gasteiger partial charge in [-0.25, -0.2) is 0 Å². The van der Waals surface area contributed by atoms with Crippen LogP contribution in [0.25, 0.3) is 0 Å². The van der Waals surface area contributed by atoms with Crippen LogP contribution in [-0.2, 0) is 29.1 Å². The number of rotatable bonds is 24. The third kappa shape index (κ3) is 58.4. The van der Waals surface area contributed by atoms with Crippen molar-refractivity contribution in [3.05, 3.63) is 13.8 Å². The van der Waals surface area contributed by atoms with Gasteiger partial charge in [0, 0.05) is 0 Å². The van der Waals surface area contributed by atoms with E-state index in [0.29, 0.717) is 12.8 Å². The molecular formula is C36H74O4S2Zn. The van der Waals surface area contributed by atoms with E-state index in [9.17, 15) is 9.59 Å². The first-order chi connectivity index (χ1) is 19.9. The van der Waals surface area contributed by atoms with Crippen LogP contribution < -0.4 is 0 Å². The van der Waals surface area contributed by atoms with Crippen molar-refractivity contribution in [2.75, 3.05) is 0 Å². The molecule has 0 saturated heterocycles. The number of hydrogen-bond acceptors (Lipinski definition) is 4. The summed E-state index contributed by atoms with van der Waals surface area (Å²) in [5.74, 6) is -0.0862. The zero-order valence-electron chi connectivity index (χ0n) is 29.6. The Morgan fingerprint density at radius 2 is 0.767 bits per heavy atom. The molecule has 0 aromatic rings. The molecule has 7 heteroatoms. The molecule has 0 aliphatic carbocycles. The molecular weight excluding hydrogens is 626 g/mol. The predicted octanol–water partition coefficient (Wildman–Crippen LogP) is 12.3. The number of carboxylic acid groups (broad SMARTS) is 2. The van der Waals surface area contributed by atoms with Gasteiger partial charge in [0.1, 0.15) is 0 Å². The van der Waals surface area contributed by atoms with Gasteiger partial charge in [-0.1, -0.05) is 157 Å². The van der Waals surface area contributed by atoms with Crippen LogP contribution in [0.5, 0.6) is 0 Å². The third-order valence-corrected chi connectivity index (χ3v) is 7.75. The number of aliphatic carboxylic acids is 2. The number of unbranched alkanes of at least 4 members (excludes halogenated alkanes) is 14. The maximum absolute atomic E-state index is 10.4. The van der Waals surface area contributed by atoms with Crippen LogP contribution in [0, 0.1) is 25.7 Å². The second-order valence-electron chi connectivity index (χ2n) is 12.3. The molecule has 0 aliphatic heterocycles. The number of carboxylic acids is 2. The Balaban J connectivity index is -0.000000152. The fourth-order valence-electron chi connectivity index (χ4n) is 3.94. The van der Waals surface area contributed by atoms with Crippen LogP contribution in [0.4, 0.5) is 0 Å². The third-order valence-electron chi connectivity index (χ3n) is 6.80. The van der Waals surface area contributed by atoms with Gasteiger partial charge < -0.3 is 24.1 Å². The summed E-state index contributed by atoms with van der Waals surface area (Å²) in [4.78, 5) is 20.8. The molecule has 0 rings (SSSR count). The molecule has 0 heterocycles. The van der Waals surface area contributed by atoms with Crippen molar-refractivity contribution >= 4 is 37.2 Å². The molecule has 0 spiro atoms. The van der Waals surface area contributed by atoms with E-state index in [1.807, 2.05) is 0 Å². The molecule has 256 valence electrons. The van der Waals surface area contributed by atoms with Gasteiger partial charge in [-0.3, -0.25) is 9.59 Å². The second kappa shape index (κ2) is 44.4. The van der Waals surface area contributed by atoms with E-state index in [0.717, 1.165) is 50.4 Å². The van der Waals surface area contributed by atoms with Crippen molar-refractivity contribution < 1.29 is 39.3 Å². The van der Waals surface area contributed by atoms with Crippen LogP contribution in [0.2, 0.25) is 0 Å². The smallest absolute Gasteiger partial charge is 0.480 e. The van der Waals surface area contributed by atoms with Crippen molar-refractivity contribution in [3.8, 4) is 0 Å². The van der Waals surface area contributed by atoms with Crippen molar-refractivity contribution in [1.29, 1.82) is 0 Å². The maximum atomic E-state index is 10.4. The van der Waals surface area contributed by atoms with Crippen molar-refractivity contribution in [3.63, 3.8) is 0 Å². The molecule has 0 radical (unpaired) electrons. The predicted molar refractivity (Wildman–Crippen MR) is 194 cm³/mol. The Labute approximate surface area is 294 Å². The maximum Gasteiger partial charge on any atom is 2.00 e. The van der Waals surface area contributed by atoms with Gasteiger partial charge in [0.15, 0.2) is 0 Å². The topological polar surface area (TPSA) is 74.6 Å². The standard InChI is InChI=1S/2C10H20O2S.2C8H17.Zn/c2*1-8(2)6-4-3-5-7-9(13)10(11)12;2*1-3-5-7-8-6-4-2;/h2*8-9,13H,3-7H2,1-2H3,(H,11,12);2*1,3-8H2,2H3;/q;;2*-1;+2. The normalized spacial score (nSPS) is 11.6. The van der Waals surface area contributed by atoms with Crippen LogP contribution >= 0.6 is 25.3 Å². The van der Waals surface area contributed by atoms with Gasteiger partial charge in [-0.15, -0.1) is 0 Å². The quantitative estimate of drug-likeness (QED) is 0.0350. The largest absolute Gasteiger partial charge is 2.00 e. The van der Waals surface area contributed by atoms with Crippen LogP contribution in [0.15, 0.2) is 0 Å². The zero-order chi connectivity index (χ0) is 33.0. The minimum atomic E-state index is -0.799. The minimum Gasteiger partial charge on any atom is -0.480 e. The fourth-order valence-corrected chi connectivity index (χ4v) is 4.31. The summed E-state index contributed by atoms with van der Waals surface area (Å²) in [6.07, 6.45) is 26.4. The van der Waals surface area contributed by atoms with Gasteiger partial charge in [0.05, 0.1) is 10.5 Å². The van der Waals surface area contributed by atoms with Gasteiger partial charge in [-0.05, 0) is 24.7 Å². The number of thiol groups is 2. The average molecular weight is 701 g/mol. The van der Waals surface area contributed by atoms with E-state index in [2.05, 4.69) is 80.6 Å². The molecule has 2 N–H and O–H groups in total. The second-order valence-corrected chi connectivity index (χ2v) is 13.6. The molecule has 0 amide bonds. The monoisotopic (exact) mass is 698 g/mol. The Bertz CT molecular complexity index is 475. The van der Waals surface area contributed by atoms with Gasteiger partial charge >= 0.3 is 31.4 Å². The first kappa shape index (κ1) is 52.8. The summed E-state index contributed by atoms with van der Waals surface area (Å²) in [5.41, 5.74) is 0. The van der Waals surface area contributed by atoms with E-state index in [-0.39, 0.29) is 19.5 Å². The Morgan fingerprint density at radius 1 is 0.512 bits per heavy atom. The molecule has 0 fully saturated rings. The molecule has 2 unspecified atom stereocenters. The van der Waals surface area contributed by atoms with Crippen LogP contribution in [0.3, 0.4) is 0 Å². The summed E-state index contributed by atoms with van der Waals surface area (Å²) in [7, 11) is 0. The summed E-state index contributed by atoms with van der Waals surface area (Å²) in [6, 6.07) is 0. The van der Waals surface area contributed by atoms with Crippen molar-refractivity contribution in [1.82, 2.24) is 0 Å². The molecule has 4 nitrogen and oxygen atoms in total. The first-order valence-corrected chi connectivity index (χ1v) is 18.3. The fraction of sp³-hybridized carbons (Fsp3) is 0.889. The van der Waals surface area contributed by atoms with Gasteiger partial charge in [0.2, 0.25) is 0 Å². The average Bonchev–Trinajstić information content (AvgIpc) is 2.93. The summed E-state index contributed by atoms with van der Waals surface area (Å²) in [6.45, 7) is 20.9. The van der Waals surface area contributed by atoms with Gasteiger partial charge in [-0.2, -0.15) is 38.1 Å². The van der Waals surface area contributed by atoms with Gasteiger partial charge in [0.25, 0.3) is 0 Å². The number of hydrogen-bond donors (Lipinski definition) is 4. The van der Waals surface area contributed by atoms with E-state index in [4.69, 9.17) is 10.2 Å². The molecule has 0 aromatic carbocycles. The zero-order valence-corrected chi connectivity index (χ0v) is 34.3. The summed E-state index contributed by atoms with van der Waals surface area (Å²) >= 11 is 7.94. The molecule has 0 aliphatic rings. The van der Waals surface area contributed by atoms with E-state index in [1.54, 1.807) is 0 Å². The van der Waals surface area contributed by atoms with E-state index >= 15 is 0 Å². The SMILES string of the molecule is CC(C)CCCCCC(S)C(=O)O.CC(C)CCCCCC(S)C(=O)O.[CH2-]CCCCCCC.[CH2-]CCCCCCC.[Zn+2]. The molecule has 2 atom stereocenters. The van der Waals surface area contributed by atoms with Crippen LogP contribution in [0.1, 0.15) is 183 Å². The number of carbonyl (C=O) groups is 2. The first-order valence-electron chi connectivity index (χ1n) is 17.3. The van der Waals surface area contributed by atoms with E-state index < -0.39 is 22.4 Å². The van der Waals surface area contributed by atoms with Crippen molar-refractivity contribution in [2.24, 2.45) is 11.8 Å².